The predicted molar refractivity (Wildman–Crippen MR) is 42.3 cm³/mol. The minimum Gasteiger partial charge on any atom is -0.473 e. The fourth-order valence-electron chi connectivity index (χ4n) is 0.885. The molecule has 0 atom stereocenters. The minimum absolute atomic E-state index is 0.241. The van der Waals surface area contributed by atoms with E-state index in [9.17, 15) is 4.39 Å². The summed E-state index contributed by atoms with van der Waals surface area (Å²) in [6, 6.07) is 1.21. The van der Waals surface area contributed by atoms with E-state index < -0.39 is 5.82 Å². The van der Waals surface area contributed by atoms with Crippen LogP contribution in [0.3, 0.4) is 0 Å². The molecule has 0 saturated heterocycles. The molecule has 12 heavy (non-hydrogen) atoms. The summed E-state index contributed by atoms with van der Waals surface area (Å²) in [5.74, 6) is -0.0884. The molecule has 0 aliphatic heterocycles. The maximum atomic E-state index is 12.5. The van der Waals surface area contributed by atoms with Gasteiger partial charge in [0.05, 0.1) is 11.9 Å². The molecular weight excluding hydrogens is 159 g/mol. The smallest absolute Gasteiger partial charge is 0.237 e. The van der Waals surface area contributed by atoms with Crippen molar-refractivity contribution in [2.24, 2.45) is 0 Å². The molecule has 2 N–H and O–H groups in total. The lowest BCUT2D eigenvalue weighted by atomic mass is 10.4. The van der Waals surface area contributed by atoms with E-state index in [4.69, 9.17) is 10.5 Å². The number of nitrogen functional groups attached to an aromatic ring is 1. The van der Waals surface area contributed by atoms with Crippen molar-refractivity contribution in [3.8, 4) is 5.88 Å². The molecule has 0 bridgehead atoms. The summed E-state index contributed by atoms with van der Waals surface area (Å²) in [5.41, 5.74) is 5.74. The summed E-state index contributed by atoms with van der Waals surface area (Å²) in [6.45, 7) is 0. The Labute approximate surface area is 69.4 Å². The van der Waals surface area contributed by atoms with Gasteiger partial charge >= 0.3 is 0 Å². The molecule has 1 aliphatic carbocycles. The fraction of sp³-hybridized carbons (Fsp3) is 0.375. The molecule has 1 aromatic heterocycles. The van der Waals surface area contributed by atoms with Crippen molar-refractivity contribution in [1.29, 1.82) is 0 Å². The van der Waals surface area contributed by atoms with Gasteiger partial charge in [-0.3, -0.25) is 0 Å². The van der Waals surface area contributed by atoms with Gasteiger partial charge in [-0.05, 0) is 12.8 Å². The molecule has 0 aromatic carbocycles. The van der Waals surface area contributed by atoms with Crippen LogP contribution >= 0.6 is 0 Å². The Morgan fingerprint density at radius 2 is 2.33 bits per heavy atom. The zero-order chi connectivity index (χ0) is 8.55. The number of nitrogens with two attached hydrogens (primary N) is 1. The number of rotatable bonds is 2. The van der Waals surface area contributed by atoms with Gasteiger partial charge in [0.1, 0.15) is 11.9 Å². The molecule has 0 unspecified atom stereocenters. The summed E-state index contributed by atoms with van der Waals surface area (Å²) in [6.07, 6.45) is 3.43. The van der Waals surface area contributed by atoms with Gasteiger partial charge in [0, 0.05) is 6.07 Å². The molecule has 0 amide bonds. The number of nitrogens with zero attached hydrogens (tertiary/aromatic N) is 1. The Bertz CT molecular complexity index is 299. The number of hydrogen-bond acceptors (Lipinski definition) is 3. The molecule has 0 spiro atoms. The lowest BCUT2D eigenvalue weighted by Crippen LogP contribution is -2.02. The van der Waals surface area contributed by atoms with Gasteiger partial charge in [0.2, 0.25) is 5.88 Å². The van der Waals surface area contributed by atoms with Crippen LogP contribution in [0.15, 0.2) is 12.3 Å². The summed E-state index contributed by atoms with van der Waals surface area (Å²) >= 11 is 0. The van der Waals surface area contributed by atoms with Crippen LogP contribution in [0.2, 0.25) is 0 Å². The van der Waals surface area contributed by atoms with Gasteiger partial charge in [0.25, 0.3) is 0 Å². The van der Waals surface area contributed by atoms with Gasteiger partial charge in [-0.15, -0.1) is 0 Å². The maximum absolute atomic E-state index is 12.5. The Morgan fingerprint density at radius 3 is 2.92 bits per heavy atom. The van der Waals surface area contributed by atoms with Gasteiger partial charge < -0.3 is 10.5 Å². The second-order valence-electron chi connectivity index (χ2n) is 2.87. The molecular formula is C8H9FN2O. The fourth-order valence-corrected chi connectivity index (χ4v) is 0.885. The van der Waals surface area contributed by atoms with Crippen LogP contribution in [0, 0.1) is 5.82 Å². The number of anilines is 1. The van der Waals surface area contributed by atoms with E-state index in [0.29, 0.717) is 5.88 Å². The topological polar surface area (TPSA) is 48.1 Å². The molecule has 64 valence electrons. The van der Waals surface area contributed by atoms with Crippen molar-refractivity contribution in [1.82, 2.24) is 4.98 Å². The van der Waals surface area contributed by atoms with Crippen molar-refractivity contribution >= 4 is 5.69 Å². The highest BCUT2D eigenvalue weighted by atomic mass is 19.1. The van der Waals surface area contributed by atoms with Crippen LogP contribution in [-0.2, 0) is 0 Å². The average Bonchev–Trinajstić information content (AvgIpc) is 2.79. The first-order valence-electron chi connectivity index (χ1n) is 3.83. The van der Waals surface area contributed by atoms with Gasteiger partial charge in [0.15, 0.2) is 0 Å². The first-order chi connectivity index (χ1) is 5.75. The van der Waals surface area contributed by atoms with Gasteiger partial charge in [-0.25, -0.2) is 9.37 Å². The van der Waals surface area contributed by atoms with E-state index in [-0.39, 0.29) is 11.8 Å². The summed E-state index contributed by atoms with van der Waals surface area (Å²) in [7, 11) is 0. The van der Waals surface area contributed by atoms with Crippen molar-refractivity contribution in [3.63, 3.8) is 0 Å². The van der Waals surface area contributed by atoms with Crippen molar-refractivity contribution in [2.45, 2.75) is 18.9 Å². The van der Waals surface area contributed by atoms with E-state index in [0.717, 1.165) is 19.0 Å². The highest BCUT2D eigenvalue weighted by molar-refractivity contribution is 5.47. The molecule has 1 saturated carbocycles. The van der Waals surface area contributed by atoms with E-state index >= 15 is 0 Å². The number of halogens is 1. The van der Waals surface area contributed by atoms with Crippen LogP contribution < -0.4 is 10.5 Å². The molecule has 1 heterocycles. The Hall–Kier alpha value is -1.32. The second kappa shape index (κ2) is 2.62. The predicted octanol–water partition coefficient (Wildman–Crippen LogP) is 1.34. The van der Waals surface area contributed by atoms with Crippen LogP contribution in [0.5, 0.6) is 5.88 Å². The van der Waals surface area contributed by atoms with Crippen molar-refractivity contribution in [2.75, 3.05) is 5.73 Å². The van der Waals surface area contributed by atoms with Crippen LogP contribution in [0.25, 0.3) is 0 Å². The third-order valence-electron chi connectivity index (χ3n) is 1.65. The minimum atomic E-state index is -0.435. The Morgan fingerprint density at radius 1 is 1.58 bits per heavy atom. The third kappa shape index (κ3) is 1.47. The first kappa shape index (κ1) is 7.34. The lowest BCUT2D eigenvalue weighted by Gasteiger charge is -2.04. The second-order valence-corrected chi connectivity index (χ2v) is 2.87. The Kier molecular flexibility index (Phi) is 1.60. The summed E-state index contributed by atoms with van der Waals surface area (Å²) in [4.78, 5) is 3.74. The van der Waals surface area contributed by atoms with Crippen molar-refractivity contribution in [3.05, 3.63) is 18.1 Å². The molecule has 1 aromatic rings. The van der Waals surface area contributed by atoms with Crippen LogP contribution in [0.1, 0.15) is 12.8 Å². The molecule has 0 radical (unpaired) electrons. The molecule has 4 heteroatoms. The lowest BCUT2D eigenvalue weighted by molar-refractivity contribution is 0.292. The number of ether oxygens (including phenoxy) is 1. The SMILES string of the molecule is Nc1cc(F)cnc1OC1CC1. The molecule has 1 aliphatic rings. The van der Waals surface area contributed by atoms with Gasteiger partial charge in [-0.1, -0.05) is 0 Å². The largest absolute Gasteiger partial charge is 0.473 e. The van der Waals surface area contributed by atoms with E-state index in [1.165, 1.54) is 6.07 Å². The van der Waals surface area contributed by atoms with E-state index in [2.05, 4.69) is 4.98 Å². The Balaban J connectivity index is 2.18. The van der Waals surface area contributed by atoms with E-state index in [1.807, 2.05) is 0 Å². The normalized spacial score (nSPS) is 16.1. The maximum Gasteiger partial charge on any atom is 0.237 e. The zero-order valence-electron chi connectivity index (χ0n) is 6.46. The van der Waals surface area contributed by atoms with Crippen LogP contribution in [0.4, 0.5) is 10.1 Å². The monoisotopic (exact) mass is 168 g/mol. The summed E-state index contributed by atoms with van der Waals surface area (Å²) < 4.78 is 17.8. The standard InChI is InChI=1S/C8H9FN2O/c9-5-3-7(10)8(11-4-5)12-6-1-2-6/h3-4,6H,1-2,10H2. The zero-order valence-corrected chi connectivity index (χ0v) is 6.46. The van der Waals surface area contributed by atoms with Gasteiger partial charge in [-0.2, -0.15) is 0 Å². The van der Waals surface area contributed by atoms with Crippen LogP contribution in [-0.4, -0.2) is 11.1 Å². The molecule has 1 fully saturated rings. The summed E-state index contributed by atoms with van der Waals surface area (Å²) in [5, 5.41) is 0. The highest BCUT2D eigenvalue weighted by Crippen LogP contribution is 2.28. The quantitative estimate of drug-likeness (QED) is 0.725. The molecule has 2 rings (SSSR count). The van der Waals surface area contributed by atoms with E-state index in [1.54, 1.807) is 0 Å². The number of pyridine rings is 1. The third-order valence-corrected chi connectivity index (χ3v) is 1.65. The number of aromatic nitrogens is 1. The molecule has 3 nitrogen and oxygen atoms in total. The first-order valence-corrected chi connectivity index (χ1v) is 3.83. The van der Waals surface area contributed by atoms with Crippen molar-refractivity contribution < 1.29 is 9.13 Å². The average molecular weight is 168 g/mol. The number of hydrogen-bond donors (Lipinski definition) is 1. The highest BCUT2D eigenvalue weighted by Gasteiger charge is 2.24.